The van der Waals surface area contributed by atoms with Crippen molar-refractivity contribution in [3.05, 3.63) is 88.5 Å². The molecule has 3 aromatic carbocycles. The zero-order valence-corrected chi connectivity index (χ0v) is 18.8. The summed E-state index contributed by atoms with van der Waals surface area (Å²) < 4.78 is 54.6. The van der Waals surface area contributed by atoms with Gasteiger partial charge in [0.05, 0.1) is 19.1 Å². The van der Waals surface area contributed by atoms with Gasteiger partial charge in [-0.3, -0.25) is 4.79 Å². The lowest BCUT2D eigenvalue weighted by Crippen LogP contribution is -2.15. The van der Waals surface area contributed by atoms with Gasteiger partial charge >= 0.3 is 5.63 Å². The van der Waals surface area contributed by atoms with E-state index >= 15 is 0 Å². The fourth-order valence-electron chi connectivity index (χ4n) is 3.26. The molecule has 0 unspecified atom stereocenters. The summed E-state index contributed by atoms with van der Waals surface area (Å²) >= 11 is 0. The molecule has 1 amide bonds. The van der Waals surface area contributed by atoms with Crippen LogP contribution in [-0.4, -0.2) is 28.5 Å². The van der Waals surface area contributed by atoms with Gasteiger partial charge in [0.25, 0.3) is 5.91 Å². The van der Waals surface area contributed by atoms with Gasteiger partial charge in [-0.05, 0) is 48.5 Å². The predicted octanol–water partition coefficient (Wildman–Crippen LogP) is 4.03. The van der Waals surface area contributed by atoms with Gasteiger partial charge in [0.1, 0.15) is 22.9 Å². The van der Waals surface area contributed by atoms with Crippen LogP contribution in [0, 0.1) is 5.82 Å². The Labute approximate surface area is 193 Å². The maximum Gasteiger partial charge on any atom is 0.355 e. The molecule has 0 aliphatic carbocycles. The van der Waals surface area contributed by atoms with Gasteiger partial charge in [-0.15, -0.1) is 0 Å². The van der Waals surface area contributed by atoms with Crippen LogP contribution in [0.1, 0.15) is 10.4 Å². The number of fused-ring (bicyclic) bond motifs is 1. The molecule has 8 nitrogen and oxygen atoms in total. The van der Waals surface area contributed by atoms with Gasteiger partial charge in [-0.2, -0.15) is 0 Å². The molecule has 10 heteroatoms. The van der Waals surface area contributed by atoms with E-state index in [1.165, 1.54) is 32.4 Å². The van der Waals surface area contributed by atoms with Gasteiger partial charge in [-0.1, -0.05) is 0 Å². The first kappa shape index (κ1) is 23.0. The number of ether oxygens (including phenoxy) is 2. The minimum atomic E-state index is -4.28. The van der Waals surface area contributed by atoms with E-state index < -0.39 is 32.1 Å². The second-order valence-electron chi connectivity index (χ2n) is 7.16. The van der Waals surface area contributed by atoms with Crippen LogP contribution < -0.4 is 20.4 Å². The smallest absolute Gasteiger partial charge is 0.355 e. The molecule has 1 heterocycles. The standard InChI is InChI=1S/C24H18FNO7S/c1-31-18-11-17(12-19(13-18)32-2)26-23(27)14-3-8-21-15(9-14)10-22(24(28)33-21)34(29,30)20-6-4-16(25)5-7-20/h3-13H,1-2H3,(H,26,27). The number of carbonyl (C=O) groups excluding carboxylic acids is 1. The fourth-order valence-corrected chi connectivity index (χ4v) is 4.55. The van der Waals surface area contributed by atoms with Crippen molar-refractivity contribution in [3.63, 3.8) is 0 Å². The Bertz CT molecular complexity index is 1540. The number of amides is 1. The third-order valence-corrected chi connectivity index (χ3v) is 6.74. The summed E-state index contributed by atoms with van der Waals surface area (Å²) in [7, 11) is -1.31. The minimum absolute atomic E-state index is 0.0997. The lowest BCUT2D eigenvalue weighted by molar-refractivity contribution is 0.102. The maximum atomic E-state index is 13.2. The van der Waals surface area contributed by atoms with Crippen LogP contribution in [0.2, 0.25) is 0 Å². The van der Waals surface area contributed by atoms with Crippen LogP contribution in [0.3, 0.4) is 0 Å². The maximum absolute atomic E-state index is 13.2. The highest BCUT2D eigenvalue weighted by atomic mass is 32.2. The zero-order chi connectivity index (χ0) is 24.5. The summed E-state index contributed by atoms with van der Waals surface area (Å²) in [5, 5.41) is 2.93. The van der Waals surface area contributed by atoms with Gasteiger partial charge in [0, 0.05) is 34.8 Å². The van der Waals surface area contributed by atoms with Crippen molar-refractivity contribution in [2.24, 2.45) is 0 Å². The molecule has 1 N–H and O–H groups in total. The summed E-state index contributed by atoms with van der Waals surface area (Å²) in [6.45, 7) is 0. The van der Waals surface area contributed by atoms with E-state index in [9.17, 15) is 22.4 Å². The molecule has 0 aliphatic heterocycles. The van der Waals surface area contributed by atoms with E-state index in [1.54, 1.807) is 18.2 Å². The molecular weight excluding hydrogens is 465 g/mol. The van der Waals surface area contributed by atoms with E-state index in [-0.39, 0.29) is 21.4 Å². The molecule has 0 aliphatic rings. The number of rotatable bonds is 6. The molecule has 0 bridgehead atoms. The lowest BCUT2D eigenvalue weighted by atomic mass is 10.1. The van der Waals surface area contributed by atoms with Crippen molar-refractivity contribution in [3.8, 4) is 11.5 Å². The monoisotopic (exact) mass is 483 g/mol. The van der Waals surface area contributed by atoms with Crippen molar-refractivity contribution < 1.29 is 31.5 Å². The molecule has 0 fully saturated rings. The second kappa shape index (κ2) is 8.99. The summed E-state index contributed by atoms with van der Waals surface area (Å²) in [5.41, 5.74) is -0.367. The molecule has 1 aromatic heterocycles. The molecule has 0 spiro atoms. The molecule has 34 heavy (non-hydrogen) atoms. The van der Waals surface area contributed by atoms with Crippen molar-refractivity contribution in [1.82, 2.24) is 0 Å². The number of carbonyl (C=O) groups is 1. The minimum Gasteiger partial charge on any atom is -0.497 e. The number of halogens is 1. The van der Waals surface area contributed by atoms with Crippen molar-refractivity contribution in [2.45, 2.75) is 9.79 Å². The number of hydrogen-bond acceptors (Lipinski definition) is 7. The SMILES string of the molecule is COc1cc(NC(=O)c2ccc3oc(=O)c(S(=O)(=O)c4ccc(F)cc4)cc3c2)cc(OC)c1. The Hall–Kier alpha value is -4.18. The molecule has 4 rings (SSSR count). The average molecular weight is 483 g/mol. The first-order chi connectivity index (χ1) is 16.2. The van der Waals surface area contributed by atoms with Crippen LogP contribution in [0.5, 0.6) is 11.5 Å². The first-order valence-electron chi connectivity index (χ1n) is 9.84. The highest BCUT2D eigenvalue weighted by molar-refractivity contribution is 7.91. The highest BCUT2D eigenvalue weighted by Crippen LogP contribution is 2.27. The Morgan fingerprint density at radius 2 is 1.56 bits per heavy atom. The number of nitrogens with one attached hydrogen (secondary N) is 1. The summed E-state index contributed by atoms with van der Waals surface area (Å²) in [6.07, 6.45) is 0. The predicted molar refractivity (Wildman–Crippen MR) is 122 cm³/mol. The molecular formula is C24H18FNO7S. The normalized spacial score (nSPS) is 11.3. The molecule has 0 radical (unpaired) electrons. The number of hydrogen-bond donors (Lipinski definition) is 1. The van der Waals surface area contributed by atoms with Gasteiger partial charge < -0.3 is 19.2 Å². The van der Waals surface area contributed by atoms with E-state index in [4.69, 9.17) is 13.9 Å². The molecule has 0 saturated carbocycles. The number of anilines is 1. The summed E-state index contributed by atoms with van der Waals surface area (Å²) in [5.74, 6) is -0.156. The largest absolute Gasteiger partial charge is 0.497 e. The third kappa shape index (κ3) is 4.48. The molecule has 0 saturated heterocycles. The summed E-state index contributed by atoms with van der Waals surface area (Å²) in [6, 6.07) is 14.3. The molecule has 174 valence electrons. The zero-order valence-electron chi connectivity index (χ0n) is 18.0. The van der Waals surface area contributed by atoms with Crippen molar-refractivity contribution in [2.75, 3.05) is 19.5 Å². The van der Waals surface area contributed by atoms with Crippen LogP contribution in [-0.2, 0) is 9.84 Å². The fraction of sp³-hybridized carbons (Fsp3) is 0.0833. The van der Waals surface area contributed by atoms with Crippen molar-refractivity contribution in [1.29, 1.82) is 0 Å². The Kier molecular flexibility index (Phi) is 6.08. The van der Waals surface area contributed by atoms with Crippen LogP contribution >= 0.6 is 0 Å². The van der Waals surface area contributed by atoms with Crippen molar-refractivity contribution >= 4 is 32.4 Å². The second-order valence-corrected chi connectivity index (χ2v) is 9.08. The van der Waals surface area contributed by atoms with Gasteiger partial charge in [-0.25, -0.2) is 17.6 Å². The quantitative estimate of drug-likeness (QED) is 0.325. The van der Waals surface area contributed by atoms with E-state index in [2.05, 4.69) is 5.32 Å². The molecule has 4 aromatic rings. The van der Waals surface area contributed by atoms with E-state index in [0.717, 1.165) is 30.3 Å². The number of sulfone groups is 1. The van der Waals surface area contributed by atoms with Crippen LogP contribution in [0.15, 0.2) is 85.7 Å². The number of benzene rings is 3. The Morgan fingerprint density at radius 1 is 0.912 bits per heavy atom. The van der Waals surface area contributed by atoms with E-state index in [0.29, 0.717) is 17.2 Å². The number of methoxy groups -OCH3 is 2. The Balaban J connectivity index is 1.71. The topological polar surface area (TPSA) is 112 Å². The van der Waals surface area contributed by atoms with Gasteiger partial charge in [0.15, 0.2) is 4.90 Å². The molecule has 0 atom stereocenters. The van der Waals surface area contributed by atoms with E-state index in [1.807, 2.05) is 0 Å². The Morgan fingerprint density at radius 3 is 2.18 bits per heavy atom. The summed E-state index contributed by atoms with van der Waals surface area (Å²) in [4.78, 5) is 24.3. The average Bonchev–Trinajstić information content (AvgIpc) is 2.83. The third-order valence-electron chi connectivity index (χ3n) is 4.99. The van der Waals surface area contributed by atoms with Crippen LogP contribution in [0.25, 0.3) is 11.0 Å². The van der Waals surface area contributed by atoms with Crippen LogP contribution in [0.4, 0.5) is 10.1 Å². The lowest BCUT2D eigenvalue weighted by Gasteiger charge is -2.10. The van der Waals surface area contributed by atoms with Gasteiger partial charge in [0.2, 0.25) is 9.84 Å². The first-order valence-corrected chi connectivity index (χ1v) is 11.3. The highest BCUT2D eigenvalue weighted by Gasteiger charge is 2.24.